The van der Waals surface area contributed by atoms with E-state index in [9.17, 15) is 0 Å². The van der Waals surface area contributed by atoms with Gasteiger partial charge in [0.15, 0.2) is 0 Å². The van der Waals surface area contributed by atoms with E-state index in [2.05, 4.69) is 12.2 Å². The van der Waals surface area contributed by atoms with Crippen LogP contribution in [0.4, 0.5) is 0 Å². The van der Waals surface area contributed by atoms with E-state index < -0.39 is 0 Å². The number of methoxy groups -OCH3 is 1. The minimum atomic E-state index is -0.197. The van der Waals surface area contributed by atoms with Gasteiger partial charge in [-0.2, -0.15) is 0 Å². The van der Waals surface area contributed by atoms with Crippen LogP contribution in [0.5, 0.6) is 0 Å². The second kappa shape index (κ2) is 6.10. The van der Waals surface area contributed by atoms with Crippen molar-refractivity contribution in [3.05, 3.63) is 15.6 Å². The number of nitrogens with one attached hydrogen (secondary N) is 1. The molecule has 5 heteroatoms. The number of ether oxygens (including phenoxy) is 2. The fourth-order valence-electron chi connectivity index (χ4n) is 2.26. The van der Waals surface area contributed by atoms with E-state index in [1.54, 1.807) is 18.4 Å². The lowest BCUT2D eigenvalue weighted by molar-refractivity contribution is -0.0703. The third-order valence-corrected chi connectivity index (χ3v) is 4.66. The molecule has 1 aliphatic rings. The Hall–Kier alpha value is -0.490. The molecule has 18 heavy (non-hydrogen) atoms. The highest BCUT2D eigenvalue weighted by Crippen LogP contribution is 2.38. The van der Waals surface area contributed by atoms with Crippen LogP contribution in [0.25, 0.3) is 0 Å². The van der Waals surface area contributed by atoms with Gasteiger partial charge in [-0.15, -0.1) is 11.3 Å². The number of hydrogen-bond acceptors (Lipinski definition) is 5. The SMILES string of the molecule is CNCc1sc(C2(C)CCCCO2)nc1COC. The molecular formula is C13H22N2O2S. The van der Waals surface area contributed by atoms with E-state index in [1.165, 1.54) is 11.3 Å². The van der Waals surface area contributed by atoms with Crippen LogP contribution in [0.2, 0.25) is 0 Å². The molecule has 0 spiro atoms. The summed E-state index contributed by atoms with van der Waals surface area (Å²) in [5, 5.41) is 4.28. The summed E-state index contributed by atoms with van der Waals surface area (Å²) in [4.78, 5) is 6.00. The van der Waals surface area contributed by atoms with Crippen LogP contribution >= 0.6 is 11.3 Å². The summed E-state index contributed by atoms with van der Waals surface area (Å²) in [7, 11) is 3.66. The molecule has 1 saturated heterocycles. The fourth-order valence-corrected chi connectivity index (χ4v) is 3.47. The quantitative estimate of drug-likeness (QED) is 0.892. The van der Waals surface area contributed by atoms with Crippen molar-refractivity contribution in [2.24, 2.45) is 0 Å². The monoisotopic (exact) mass is 270 g/mol. The smallest absolute Gasteiger partial charge is 0.125 e. The molecule has 1 N–H and O–H groups in total. The maximum Gasteiger partial charge on any atom is 0.125 e. The Morgan fingerprint density at radius 2 is 2.33 bits per heavy atom. The summed E-state index contributed by atoms with van der Waals surface area (Å²) in [5.41, 5.74) is 0.847. The van der Waals surface area contributed by atoms with E-state index in [0.717, 1.165) is 36.7 Å². The van der Waals surface area contributed by atoms with E-state index in [4.69, 9.17) is 14.5 Å². The molecule has 0 aliphatic carbocycles. The highest BCUT2D eigenvalue weighted by atomic mass is 32.1. The zero-order chi connectivity index (χ0) is 13.0. The number of hydrogen-bond donors (Lipinski definition) is 1. The molecule has 1 aliphatic heterocycles. The van der Waals surface area contributed by atoms with Gasteiger partial charge in [0.2, 0.25) is 0 Å². The second-order valence-electron chi connectivity index (χ2n) is 4.89. The van der Waals surface area contributed by atoms with Crippen LogP contribution in [0, 0.1) is 0 Å². The third kappa shape index (κ3) is 2.91. The Morgan fingerprint density at radius 1 is 1.50 bits per heavy atom. The Kier molecular flexibility index (Phi) is 4.72. The molecule has 0 aromatic carbocycles. The van der Waals surface area contributed by atoms with Gasteiger partial charge in [0.1, 0.15) is 10.6 Å². The lowest BCUT2D eigenvalue weighted by atomic mass is 9.97. The van der Waals surface area contributed by atoms with Gasteiger partial charge in [-0.25, -0.2) is 4.98 Å². The van der Waals surface area contributed by atoms with E-state index in [-0.39, 0.29) is 5.60 Å². The summed E-state index contributed by atoms with van der Waals surface area (Å²) in [6.45, 7) is 4.41. The first-order valence-corrected chi connectivity index (χ1v) is 7.28. The van der Waals surface area contributed by atoms with Gasteiger partial charge in [-0.1, -0.05) is 0 Å². The zero-order valence-electron chi connectivity index (χ0n) is 11.4. The van der Waals surface area contributed by atoms with E-state index in [1.807, 2.05) is 7.05 Å². The number of rotatable bonds is 5. The zero-order valence-corrected chi connectivity index (χ0v) is 12.2. The second-order valence-corrected chi connectivity index (χ2v) is 5.97. The van der Waals surface area contributed by atoms with Crippen molar-refractivity contribution >= 4 is 11.3 Å². The molecule has 1 aromatic heterocycles. The minimum absolute atomic E-state index is 0.197. The Labute approximate surface area is 113 Å². The highest BCUT2D eigenvalue weighted by Gasteiger charge is 2.34. The normalized spacial score (nSPS) is 24.4. The lowest BCUT2D eigenvalue weighted by Gasteiger charge is -2.31. The van der Waals surface area contributed by atoms with Gasteiger partial charge in [0.05, 0.1) is 12.3 Å². The molecule has 102 valence electrons. The van der Waals surface area contributed by atoms with Crippen LogP contribution < -0.4 is 5.32 Å². The molecule has 0 amide bonds. The molecule has 0 saturated carbocycles. The van der Waals surface area contributed by atoms with E-state index in [0.29, 0.717) is 6.61 Å². The number of nitrogens with zero attached hydrogens (tertiary/aromatic N) is 1. The fraction of sp³-hybridized carbons (Fsp3) is 0.769. The standard InChI is InChI=1S/C13H22N2O2S/c1-13(6-4-5-7-17-13)12-15-10(9-16-3)11(18-12)8-14-2/h14H,4-9H2,1-3H3. The average Bonchev–Trinajstić information content (AvgIpc) is 2.76. The van der Waals surface area contributed by atoms with Gasteiger partial charge in [0, 0.05) is 25.1 Å². The molecule has 1 fully saturated rings. The maximum atomic E-state index is 5.96. The molecule has 0 radical (unpaired) electrons. The summed E-state index contributed by atoms with van der Waals surface area (Å²) < 4.78 is 11.2. The minimum Gasteiger partial charge on any atom is -0.378 e. The first-order valence-electron chi connectivity index (χ1n) is 6.46. The van der Waals surface area contributed by atoms with Crippen LogP contribution in [0.15, 0.2) is 0 Å². The van der Waals surface area contributed by atoms with Crippen molar-refractivity contribution < 1.29 is 9.47 Å². The molecule has 0 bridgehead atoms. The predicted molar refractivity (Wildman–Crippen MR) is 72.7 cm³/mol. The van der Waals surface area contributed by atoms with Crippen molar-refractivity contribution in [2.45, 2.75) is 44.9 Å². The topological polar surface area (TPSA) is 43.4 Å². The summed E-state index contributed by atoms with van der Waals surface area (Å²) in [6.07, 6.45) is 3.44. The molecular weight excluding hydrogens is 248 g/mol. The maximum absolute atomic E-state index is 5.96. The Balaban J connectivity index is 2.24. The van der Waals surface area contributed by atoms with Crippen molar-refractivity contribution in [2.75, 3.05) is 20.8 Å². The Bertz CT molecular complexity index is 363. The third-order valence-electron chi connectivity index (χ3n) is 3.32. The molecule has 1 atom stereocenters. The molecule has 1 aromatic rings. The first kappa shape index (κ1) is 13.9. The summed E-state index contributed by atoms with van der Waals surface area (Å²) in [5.74, 6) is 0. The van der Waals surface area contributed by atoms with Crippen LogP contribution in [0.1, 0.15) is 41.8 Å². The van der Waals surface area contributed by atoms with Gasteiger partial charge in [-0.3, -0.25) is 0 Å². The number of thiazole rings is 1. The van der Waals surface area contributed by atoms with Crippen molar-refractivity contribution in [3.63, 3.8) is 0 Å². The van der Waals surface area contributed by atoms with Gasteiger partial charge in [0.25, 0.3) is 0 Å². The van der Waals surface area contributed by atoms with Gasteiger partial charge in [-0.05, 0) is 33.2 Å². The van der Waals surface area contributed by atoms with Crippen LogP contribution in [-0.4, -0.2) is 25.7 Å². The largest absolute Gasteiger partial charge is 0.378 e. The summed E-state index contributed by atoms with van der Waals surface area (Å²) >= 11 is 1.75. The molecule has 2 heterocycles. The predicted octanol–water partition coefficient (Wildman–Crippen LogP) is 2.42. The number of aromatic nitrogens is 1. The Morgan fingerprint density at radius 3 is 2.94 bits per heavy atom. The highest BCUT2D eigenvalue weighted by molar-refractivity contribution is 7.11. The van der Waals surface area contributed by atoms with Crippen molar-refractivity contribution in [1.29, 1.82) is 0 Å². The van der Waals surface area contributed by atoms with Crippen LogP contribution in [0.3, 0.4) is 0 Å². The van der Waals surface area contributed by atoms with Gasteiger partial charge >= 0.3 is 0 Å². The van der Waals surface area contributed by atoms with E-state index >= 15 is 0 Å². The molecule has 2 rings (SSSR count). The molecule has 4 nitrogen and oxygen atoms in total. The lowest BCUT2D eigenvalue weighted by Crippen LogP contribution is -2.30. The van der Waals surface area contributed by atoms with Crippen LogP contribution in [-0.2, 0) is 28.2 Å². The molecule has 1 unspecified atom stereocenters. The summed E-state index contributed by atoms with van der Waals surface area (Å²) in [6, 6.07) is 0. The van der Waals surface area contributed by atoms with Gasteiger partial charge < -0.3 is 14.8 Å². The first-order chi connectivity index (χ1) is 8.69. The van der Waals surface area contributed by atoms with Crippen molar-refractivity contribution in [1.82, 2.24) is 10.3 Å². The van der Waals surface area contributed by atoms with Crippen molar-refractivity contribution in [3.8, 4) is 0 Å². The average molecular weight is 270 g/mol.